The number of nitrogens with one attached hydrogen (secondary N) is 1. The van der Waals surface area contributed by atoms with Crippen molar-refractivity contribution in [3.05, 3.63) is 41.5 Å². The second-order valence-corrected chi connectivity index (χ2v) is 10.3. The van der Waals surface area contributed by atoms with Gasteiger partial charge in [0.05, 0.1) is 0 Å². The fraction of sp³-hybridized carbons (Fsp3) is 0.667. The first kappa shape index (κ1) is 20.4. The molecule has 4 unspecified atom stereocenters. The van der Waals surface area contributed by atoms with Crippen LogP contribution in [0.4, 0.5) is 13.2 Å². The number of likely N-dealkylation sites (tertiary alicyclic amines) is 1. The Morgan fingerprint density at radius 1 is 1.20 bits per heavy atom. The molecular formula is C24H31F3N2O. The Bertz CT molecular complexity index is 822. The summed E-state index contributed by atoms with van der Waals surface area (Å²) in [5.74, 6) is 3.81. The van der Waals surface area contributed by atoms with Crippen LogP contribution >= 0.6 is 0 Å². The predicted molar refractivity (Wildman–Crippen MR) is 110 cm³/mol. The van der Waals surface area contributed by atoms with Crippen LogP contribution in [0, 0.1) is 35.0 Å². The summed E-state index contributed by atoms with van der Waals surface area (Å²) in [5, 5.41) is 3.44. The summed E-state index contributed by atoms with van der Waals surface area (Å²) in [6.45, 7) is 9.92. The van der Waals surface area contributed by atoms with E-state index in [1.165, 1.54) is 38.1 Å². The molecule has 1 N–H and O–H groups in total. The van der Waals surface area contributed by atoms with Crippen molar-refractivity contribution in [1.29, 1.82) is 0 Å². The van der Waals surface area contributed by atoms with Gasteiger partial charge in [0, 0.05) is 26.2 Å². The van der Waals surface area contributed by atoms with Gasteiger partial charge < -0.3 is 10.1 Å². The summed E-state index contributed by atoms with van der Waals surface area (Å²) in [6, 6.07) is 6.23. The molecule has 30 heavy (non-hydrogen) atoms. The van der Waals surface area contributed by atoms with E-state index in [9.17, 15) is 13.2 Å². The number of ether oxygens (including phenoxy) is 1. The highest BCUT2D eigenvalue weighted by Crippen LogP contribution is 2.59. The third-order valence-electron chi connectivity index (χ3n) is 8.28. The van der Waals surface area contributed by atoms with Crippen molar-refractivity contribution in [2.75, 3.05) is 26.2 Å². The van der Waals surface area contributed by atoms with E-state index < -0.39 is 6.36 Å². The zero-order valence-corrected chi connectivity index (χ0v) is 17.7. The Kier molecular flexibility index (Phi) is 4.93. The number of rotatable bonds is 7. The van der Waals surface area contributed by atoms with Crippen LogP contribution in [0.1, 0.15) is 32.3 Å². The molecule has 4 atom stereocenters. The van der Waals surface area contributed by atoms with Crippen LogP contribution in [0.15, 0.2) is 35.9 Å². The van der Waals surface area contributed by atoms with Gasteiger partial charge in [-0.2, -0.15) is 0 Å². The molecule has 0 aromatic heterocycles. The minimum Gasteiger partial charge on any atom is -0.406 e. The van der Waals surface area contributed by atoms with Gasteiger partial charge in [-0.1, -0.05) is 37.6 Å². The Balaban J connectivity index is 1.05. The standard InChI is InChI=1S/C24H31F3N2O/c1-23(2)17-7-6-16(22(23)9-17)12-29-13-20-19(21(20)14-29)11-28-10-15-4-3-5-18(8-15)30-24(25,26)27/h3-6,8,17,19-22,28H,7,9-14H2,1-2H3. The molecule has 5 aliphatic rings. The second kappa shape index (κ2) is 7.27. The molecule has 3 nitrogen and oxygen atoms in total. The third-order valence-corrected chi connectivity index (χ3v) is 8.28. The number of fused-ring (bicyclic) bond motifs is 2. The smallest absolute Gasteiger partial charge is 0.406 e. The van der Waals surface area contributed by atoms with Crippen LogP contribution in [0.5, 0.6) is 5.75 Å². The zero-order chi connectivity index (χ0) is 21.1. The Morgan fingerprint density at radius 2 is 1.97 bits per heavy atom. The van der Waals surface area contributed by atoms with Gasteiger partial charge in [-0.15, -0.1) is 13.2 Å². The molecule has 1 aliphatic heterocycles. The Labute approximate surface area is 176 Å². The molecule has 6 heteroatoms. The van der Waals surface area contributed by atoms with E-state index in [0.717, 1.165) is 42.3 Å². The monoisotopic (exact) mass is 420 g/mol. The minimum absolute atomic E-state index is 0.154. The molecular weight excluding hydrogens is 389 g/mol. The maximum atomic E-state index is 12.4. The molecule has 2 bridgehead atoms. The largest absolute Gasteiger partial charge is 0.573 e. The molecule has 0 spiro atoms. The average Bonchev–Trinajstić information content (AvgIpc) is 3.12. The second-order valence-electron chi connectivity index (χ2n) is 10.3. The summed E-state index contributed by atoms with van der Waals surface area (Å²) < 4.78 is 41.1. The Hall–Kier alpha value is -1.53. The van der Waals surface area contributed by atoms with Crippen LogP contribution in [0.25, 0.3) is 0 Å². The fourth-order valence-corrected chi connectivity index (χ4v) is 6.32. The van der Waals surface area contributed by atoms with Crippen molar-refractivity contribution in [1.82, 2.24) is 10.2 Å². The van der Waals surface area contributed by atoms with E-state index in [-0.39, 0.29) is 5.75 Å². The lowest BCUT2D eigenvalue weighted by molar-refractivity contribution is -0.274. The lowest BCUT2D eigenvalue weighted by Gasteiger charge is -2.57. The maximum Gasteiger partial charge on any atom is 0.573 e. The SMILES string of the molecule is CC1(C)C2CC=C(CN3CC4C(CNCc5cccc(OC(F)(F)F)c5)C4C3)C1C2. The van der Waals surface area contributed by atoms with Crippen molar-refractivity contribution < 1.29 is 17.9 Å². The molecule has 164 valence electrons. The van der Waals surface area contributed by atoms with E-state index in [0.29, 0.717) is 17.9 Å². The first-order valence-electron chi connectivity index (χ1n) is 11.2. The van der Waals surface area contributed by atoms with Crippen LogP contribution in [0.3, 0.4) is 0 Å². The molecule has 2 saturated carbocycles. The van der Waals surface area contributed by atoms with E-state index >= 15 is 0 Å². The van der Waals surface area contributed by atoms with Gasteiger partial charge in [0.15, 0.2) is 0 Å². The van der Waals surface area contributed by atoms with E-state index in [2.05, 4.69) is 34.9 Å². The number of hydrogen-bond acceptors (Lipinski definition) is 3. The highest BCUT2D eigenvalue weighted by Gasteiger charge is 2.56. The summed E-state index contributed by atoms with van der Waals surface area (Å²) in [6.07, 6.45) is 0.527. The number of benzene rings is 1. The van der Waals surface area contributed by atoms with Crippen molar-refractivity contribution >= 4 is 0 Å². The van der Waals surface area contributed by atoms with Gasteiger partial charge >= 0.3 is 6.36 Å². The summed E-state index contributed by atoms with van der Waals surface area (Å²) in [7, 11) is 0. The molecule has 0 amide bonds. The van der Waals surface area contributed by atoms with E-state index in [1.807, 2.05) is 6.07 Å². The molecule has 0 radical (unpaired) electrons. The molecule has 1 heterocycles. The van der Waals surface area contributed by atoms with E-state index in [4.69, 9.17) is 0 Å². The van der Waals surface area contributed by atoms with Crippen molar-refractivity contribution in [3.63, 3.8) is 0 Å². The number of nitrogens with zero attached hydrogens (tertiary/aromatic N) is 1. The molecule has 1 aromatic carbocycles. The van der Waals surface area contributed by atoms with Gasteiger partial charge in [-0.05, 0) is 72.1 Å². The molecule has 6 rings (SSSR count). The first-order chi connectivity index (χ1) is 14.2. The van der Waals surface area contributed by atoms with Gasteiger partial charge in [0.25, 0.3) is 0 Å². The zero-order valence-electron chi connectivity index (χ0n) is 17.7. The molecule has 3 fully saturated rings. The number of alkyl halides is 3. The molecule has 1 aromatic rings. The lowest BCUT2D eigenvalue weighted by Crippen LogP contribution is -2.49. The quantitative estimate of drug-likeness (QED) is 0.639. The fourth-order valence-electron chi connectivity index (χ4n) is 6.32. The van der Waals surface area contributed by atoms with Gasteiger partial charge in [0.1, 0.15) is 5.75 Å². The normalized spacial score (nSPS) is 34.2. The average molecular weight is 421 g/mol. The first-order valence-corrected chi connectivity index (χ1v) is 11.2. The van der Waals surface area contributed by atoms with Crippen molar-refractivity contribution in [3.8, 4) is 5.75 Å². The number of hydrogen-bond donors (Lipinski definition) is 1. The van der Waals surface area contributed by atoms with Crippen LogP contribution < -0.4 is 10.1 Å². The van der Waals surface area contributed by atoms with Crippen molar-refractivity contribution in [2.45, 2.75) is 39.6 Å². The maximum absolute atomic E-state index is 12.4. The number of halogens is 3. The van der Waals surface area contributed by atoms with Crippen LogP contribution in [0.2, 0.25) is 0 Å². The minimum atomic E-state index is -4.65. The Morgan fingerprint density at radius 3 is 2.63 bits per heavy atom. The molecule has 4 aliphatic carbocycles. The predicted octanol–water partition coefficient (Wildman–Crippen LogP) is 4.85. The highest BCUT2D eigenvalue weighted by molar-refractivity contribution is 5.29. The van der Waals surface area contributed by atoms with Gasteiger partial charge in [-0.25, -0.2) is 0 Å². The number of allylic oxidation sites excluding steroid dienone is 1. The van der Waals surface area contributed by atoms with Gasteiger partial charge in [0.2, 0.25) is 0 Å². The van der Waals surface area contributed by atoms with Crippen LogP contribution in [-0.2, 0) is 6.54 Å². The van der Waals surface area contributed by atoms with E-state index in [1.54, 1.807) is 11.6 Å². The highest BCUT2D eigenvalue weighted by atomic mass is 19.4. The topological polar surface area (TPSA) is 24.5 Å². The molecule has 1 saturated heterocycles. The summed E-state index contributed by atoms with van der Waals surface area (Å²) in [5.41, 5.74) is 3.00. The summed E-state index contributed by atoms with van der Waals surface area (Å²) >= 11 is 0. The number of piperidine rings is 1. The van der Waals surface area contributed by atoms with Gasteiger partial charge in [-0.3, -0.25) is 4.90 Å². The van der Waals surface area contributed by atoms with Crippen molar-refractivity contribution in [2.24, 2.45) is 35.0 Å². The third kappa shape index (κ3) is 3.89. The van der Waals surface area contributed by atoms with Crippen LogP contribution in [-0.4, -0.2) is 37.4 Å². The summed E-state index contributed by atoms with van der Waals surface area (Å²) in [4.78, 5) is 2.64. The lowest BCUT2D eigenvalue weighted by atomic mass is 9.49.